The van der Waals surface area contributed by atoms with Crippen LogP contribution < -0.4 is 5.32 Å². The van der Waals surface area contributed by atoms with Crippen molar-refractivity contribution in [2.45, 2.75) is 59.4 Å². The zero-order chi connectivity index (χ0) is 14.8. The van der Waals surface area contributed by atoms with Gasteiger partial charge in [0, 0.05) is 6.61 Å². The minimum Gasteiger partial charge on any atom is -0.379 e. The number of unbranched alkanes of at least 4 members (excludes halogenated alkanes) is 2. The smallest absolute Gasteiger partial charge is 0.0661 e. The summed E-state index contributed by atoms with van der Waals surface area (Å²) in [6, 6.07) is 7.01. The Morgan fingerprint density at radius 3 is 2.55 bits per heavy atom. The fourth-order valence-corrected chi connectivity index (χ4v) is 2.45. The first kappa shape index (κ1) is 17.2. The number of nitrogens with one attached hydrogen (secondary N) is 1. The van der Waals surface area contributed by atoms with Gasteiger partial charge in [-0.1, -0.05) is 50.5 Å². The molecule has 0 saturated heterocycles. The lowest BCUT2D eigenvalue weighted by atomic mass is 9.99. The van der Waals surface area contributed by atoms with Crippen molar-refractivity contribution >= 4 is 0 Å². The Labute approximate surface area is 124 Å². The van der Waals surface area contributed by atoms with E-state index in [0.717, 1.165) is 26.2 Å². The molecule has 0 aliphatic heterocycles. The highest BCUT2D eigenvalue weighted by Crippen LogP contribution is 2.19. The third-order valence-electron chi connectivity index (χ3n) is 3.62. The quantitative estimate of drug-likeness (QED) is 0.633. The minimum atomic E-state index is 0.317. The fourth-order valence-electron chi connectivity index (χ4n) is 2.45. The van der Waals surface area contributed by atoms with Crippen LogP contribution >= 0.6 is 0 Å². The second-order valence-corrected chi connectivity index (χ2v) is 5.65. The van der Waals surface area contributed by atoms with Gasteiger partial charge in [-0.25, -0.2) is 0 Å². The van der Waals surface area contributed by atoms with Crippen molar-refractivity contribution in [1.82, 2.24) is 5.32 Å². The summed E-state index contributed by atoms with van der Waals surface area (Å²) in [4.78, 5) is 0. The zero-order valence-electron chi connectivity index (χ0n) is 13.7. The molecule has 0 aliphatic carbocycles. The van der Waals surface area contributed by atoms with Crippen LogP contribution in [0.2, 0.25) is 0 Å². The number of ether oxygens (including phenoxy) is 1. The van der Waals surface area contributed by atoms with Gasteiger partial charge < -0.3 is 10.1 Å². The van der Waals surface area contributed by atoms with E-state index in [4.69, 9.17) is 4.74 Å². The van der Waals surface area contributed by atoms with Gasteiger partial charge in [-0.15, -0.1) is 0 Å². The van der Waals surface area contributed by atoms with E-state index in [1.54, 1.807) is 0 Å². The van der Waals surface area contributed by atoms with E-state index < -0.39 is 0 Å². The number of benzene rings is 1. The van der Waals surface area contributed by atoms with Crippen LogP contribution in [-0.2, 0) is 4.74 Å². The van der Waals surface area contributed by atoms with E-state index in [0.29, 0.717) is 6.04 Å². The summed E-state index contributed by atoms with van der Waals surface area (Å²) in [6.07, 6.45) is 4.83. The van der Waals surface area contributed by atoms with Gasteiger partial charge in [-0.2, -0.15) is 0 Å². The Bertz CT molecular complexity index is 376. The van der Waals surface area contributed by atoms with Gasteiger partial charge >= 0.3 is 0 Å². The summed E-state index contributed by atoms with van der Waals surface area (Å²) in [5.74, 6) is 0. The zero-order valence-corrected chi connectivity index (χ0v) is 13.7. The van der Waals surface area contributed by atoms with Crippen LogP contribution in [-0.4, -0.2) is 19.8 Å². The maximum Gasteiger partial charge on any atom is 0.0661 e. The Hall–Kier alpha value is -0.860. The first-order chi connectivity index (χ1) is 9.69. The van der Waals surface area contributed by atoms with E-state index >= 15 is 0 Å². The van der Waals surface area contributed by atoms with Crippen molar-refractivity contribution in [2.75, 3.05) is 19.8 Å². The number of aryl methyl sites for hydroxylation is 2. The van der Waals surface area contributed by atoms with Crippen molar-refractivity contribution in [3.8, 4) is 0 Å². The number of hydrogen-bond acceptors (Lipinski definition) is 2. The molecule has 1 N–H and O–H groups in total. The molecule has 0 saturated carbocycles. The van der Waals surface area contributed by atoms with Gasteiger partial charge in [-0.05, 0) is 44.4 Å². The summed E-state index contributed by atoms with van der Waals surface area (Å²) in [5.41, 5.74) is 4.06. The monoisotopic (exact) mass is 277 g/mol. The Morgan fingerprint density at radius 2 is 1.90 bits per heavy atom. The maximum atomic E-state index is 5.87. The molecule has 0 amide bonds. The van der Waals surface area contributed by atoms with Crippen LogP contribution in [0.25, 0.3) is 0 Å². The highest BCUT2D eigenvalue weighted by Gasteiger charge is 2.13. The SMILES string of the molecule is CCCCCOCC(NCCC)c1ccc(C)cc1C. The van der Waals surface area contributed by atoms with Gasteiger partial charge in [0.25, 0.3) is 0 Å². The minimum absolute atomic E-state index is 0.317. The van der Waals surface area contributed by atoms with Crippen LogP contribution in [0.4, 0.5) is 0 Å². The lowest BCUT2D eigenvalue weighted by Gasteiger charge is -2.21. The molecule has 0 fully saturated rings. The highest BCUT2D eigenvalue weighted by atomic mass is 16.5. The van der Waals surface area contributed by atoms with Gasteiger partial charge in [0.2, 0.25) is 0 Å². The summed E-state index contributed by atoms with van der Waals surface area (Å²) in [5, 5.41) is 3.61. The molecule has 0 spiro atoms. The molecule has 1 unspecified atom stereocenters. The van der Waals surface area contributed by atoms with Crippen molar-refractivity contribution in [3.63, 3.8) is 0 Å². The molecular weight excluding hydrogens is 246 g/mol. The predicted molar refractivity (Wildman–Crippen MR) is 87.3 cm³/mol. The van der Waals surface area contributed by atoms with Crippen molar-refractivity contribution in [3.05, 3.63) is 34.9 Å². The molecule has 0 radical (unpaired) electrons. The van der Waals surface area contributed by atoms with Gasteiger partial charge in [-0.3, -0.25) is 0 Å². The second-order valence-electron chi connectivity index (χ2n) is 5.65. The average molecular weight is 277 g/mol. The molecule has 2 nitrogen and oxygen atoms in total. The van der Waals surface area contributed by atoms with Gasteiger partial charge in [0.15, 0.2) is 0 Å². The van der Waals surface area contributed by atoms with Crippen LogP contribution in [0.3, 0.4) is 0 Å². The normalized spacial score (nSPS) is 12.6. The second kappa shape index (κ2) is 9.95. The number of rotatable bonds is 10. The third kappa shape index (κ3) is 6.06. The van der Waals surface area contributed by atoms with Crippen molar-refractivity contribution < 1.29 is 4.74 Å². The molecule has 20 heavy (non-hydrogen) atoms. The third-order valence-corrected chi connectivity index (χ3v) is 3.62. The highest BCUT2D eigenvalue weighted by molar-refractivity contribution is 5.32. The summed E-state index contributed by atoms with van der Waals surface area (Å²) >= 11 is 0. The van der Waals surface area contributed by atoms with E-state index in [-0.39, 0.29) is 0 Å². The van der Waals surface area contributed by atoms with Gasteiger partial charge in [0.05, 0.1) is 12.6 Å². The lowest BCUT2D eigenvalue weighted by molar-refractivity contribution is 0.108. The standard InChI is InChI=1S/C18H31NO/c1-5-7-8-12-20-14-18(19-11-6-2)17-10-9-15(3)13-16(17)4/h9-10,13,18-19H,5-8,11-12,14H2,1-4H3. The largest absolute Gasteiger partial charge is 0.379 e. The molecule has 0 bridgehead atoms. The number of hydrogen-bond donors (Lipinski definition) is 1. The maximum absolute atomic E-state index is 5.87. The van der Waals surface area contributed by atoms with E-state index in [9.17, 15) is 0 Å². The lowest BCUT2D eigenvalue weighted by Crippen LogP contribution is -2.27. The van der Waals surface area contributed by atoms with E-state index in [1.165, 1.54) is 36.0 Å². The van der Waals surface area contributed by atoms with Crippen molar-refractivity contribution in [2.24, 2.45) is 0 Å². The summed E-state index contributed by atoms with van der Waals surface area (Å²) < 4.78 is 5.87. The summed E-state index contributed by atoms with van der Waals surface area (Å²) in [7, 11) is 0. The van der Waals surface area contributed by atoms with Crippen LogP contribution in [0.5, 0.6) is 0 Å². The molecule has 114 valence electrons. The molecule has 1 aromatic carbocycles. The first-order valence-corrected chi connectivity index (χ1v) is 8.07. The molecular formula is C18H31NO. The first-order valence-electron chi connectivity index (χ1n) is 8.07. The Morgan fingerprint density at radius 1 is 1.10 bits per heavy atom. The van der Waals surface area contributed by atoms with Crippen LogP contribution in [0, 0.1) is 13.8 Å². The molecule has 1 aromatic rings. The molecule has 0 heterocycles. The van der Waals surface area contributed by atoms with E-state index in [2.05, 4.69) is 51.2 Å². The molecule has 1 rings (SSSR count). The molecule has 0 aromatic heterocycles. The van der Waals surface area contributed by atoms with Crippen molar-refractivity contribution in [1.29, 1.82) is 0 Å². The molecule has 0 aliphatic rings. The predicted octanol–water partition coefficient (Wildman–Crippen LogP) is 4.55. The average Bonchev–Trinajstić information content (AvgIpc) is 2.43. The molecule has 2 heteroatoms. The van der Waals surface area contributed by atoms with E-state index in [1.807, 2.05) is 0 Å². The topological polar surface area (TPSA) is 21.3 Å². The Kier molecular flexibility index (Phi) is 8.56. The molecule has 1 atom stereocenters. The van der Waals surface area contributed by atoms with Gasteiger partial charge in [0.1, 0.15) is 0 Å². The fraction of sp³-hybridized carbons (Fsp3) is 0.667. The Balaban J connectivity index is 2.58. The summed E-state index contributed by atoms with van der Waals surface area (Å²) in [6.45, 7) is 11.5. The van der Waals surface area contributed by atoms with Crippen LogP contribution in [0.15, 0.2) is 18.2 Å². The van der Waals surface area contributed by atoms with Crippen LogP contribution in [0.1, 0.15) is 62.3 Å².